The van der Waals surface area contributed by atoms with E-state index in [2.05, 4.69) is 0 Å². The van der Waals surface area contributed by atoms with Gasteiger partial charge in [-0.15, -0.1) is 0 Å². The van der Waals surface area contributed by atoms with Crippen LogP contribution < -0.4 is 6.37 Å². The van der Waals surface area contributed by atoms with Crippen molar-refractivity contribution in [2.24, 2.45) is 0 Å². The second kappa shape index (κ2) is 11.6. The number of rotatable bonds is 10. The molecule has 4 aromatic rings. The maximum absolute atomic E-state index is 13.5. The maximum atomic E-state index is 13.5. The van der Waals surface area contributed by atoms with Gasteiger partial charge >= 0.3 is 221 Å². The number of para-hydroxylation sites is 2. The van der Waals surface area contributed by atoms with Crippen LogP contribution in [0.25, 0.3) is 0 Å². The van der Waals surface area contributed by atoms with Crippen LogP contribution in [0.5, 0.6) is 0 Å². The predicted molar refractivity (Wildman–Crippen MR) is 139 cm³/mol. The fourth-order valence-corrected chi connectivity index (χ4v) is 16.3. The molecule has 0 aliphatic rings. The van der Waals surface area contributed by atoms with Crippen molar-refractivity contribution < 1.29 is 41.7 Å². The number of anilines is 2. The molecule has 4 rings (SSSR count). The van der Waals surface area contributed by atoms with Crippen molar-refractivity contribution >= 4 is 31.4 Å². The zero-order valence-corrected chi connectivity index (χ0v) is 27.1. The van der Waals surface area contributed by atoms with Gasteiger partial charge in [0, 0.05) is 0 Å². The first kappa shape index (κ1) is 26.4. The Morgan fingerprint density at radius 3 is 1.58 bits per heavy atom. The Bertz CT molecular complexity index is 1480. The van der Waals surface area contributed by atoms with Crippen LogP contribution in [0.15, 0.2) is 125 Å². The SMILES string of the molecule is C[CH2][Hg][N](c1ccccc1)S(=O)(=O)c1ccc(CN(c2ccccc2)S(=O)(=O)c2ccccc2)cc1. The van der Waals surface area contributed by atoms with Crippen molar-refractivity contribution in [2.45, 2.75) is 27.2 Å². The van der Waals surface area contributed by atoms with Crippen molar-refractivity contribution in [3.8, 4) is 0 Å². The fourth-order valence-electron chi connectivity index (χ4n) is 3.87. The Morgan fingerprint density at radius 2 is 1.06 bits per heavy atom. The van der Waals surface area contributed by atoms with Crippen LogP contribution in [-0.2, 0) is 51.5 Å². The molecular formula is C27H26HgN2O4S2. The predicted octanol–water partition coefficient (Wildman–Crippen LogP) is 5.71. The van der Waals surface area contributed by atoms with E-state index in [0.29, 0.717) is 16.9 Å². The molecule has 0 bridgehead atoms. The molecule has 0 aromatic heterocycles. The van der Waals surface area contributed by atoms with E-state index in [9.17, 15) is 16.8 Å². The van der Waals surface area contributed by atoms with Gasteiger partial charge in [-0.25, -0.2) is 0 Å². The van der Waals surface area contributed by atoms with Gasteiger partial charge in [0.25, 0.3) is 0 Å². The quantitative estimate of drug-likeness (QED) is 0.198. The van der Waals surface area contributed by atoms with E-state index in [0.717, 1.165) is 3.93 Å². The van der Waals surface area contributed by atoms with Crippen LogP contribution >= 0.6 is 0 Å². The molecule has 0 atom stereocenters. The van der Waals surface area contributed by atoms with E-state index < -0.39 is 44.9 Å². The molecule has 0 aliphatic heterocycles. The van der Waals surface area contributed by atoms with Gasteiger partial charge in [-0.05, 0) is 0 Å². The van der Waals surface area contributed by atoms with Crippen molar-refractivity contribution in [1.82, 2.24) is 0 Å². The third-order valence-corrected chi connectivity index (χ3v) is 19.4. The summed E-state index contributed by atoms with van der Waals surface area (Å²) in [4.78, 5) is 0.403. The Hall–Kier alpha value is -2.68. The third kappa shape index (κ3) is 5.82. The summed E-state index contributed by atoms with van der Waals surface area (Å²) in [5.41, 5.74) is 1.92. The fraction of sp³-hybridized carbons (Fsp3) is 0.111. The van der Waals surface area contributed by atoms with Gasteiger partial charge < -0.3 is 0 Å². The van der Waals surface area contributed by atoms with E-state index in [1.54, 1.807) is 80.9 Å². The van der Waals surface area contributed by atoms with Gasteiger partial charge in [-0.2, -0.15) is 0 Å². The summed E-state index contributed by atoms with van der Waals surface area (Å²) < 4.78 is 57.9. The first-order valence-corrected chi connectivity index (χ1v) is 20.9. The summed E-state index contributed by atoms with van der Waals surface area (Å²) in [6.45, 7) is 2.10. The van der Waals surface area contributed by atoms with Crippen molar-refractivity contribution in [3.63, 3.8) is 0 Å². The summed E-state index contributed by atoms with van der Waals surface area (Å²) in [6, 6.07) is 32.9. The molecule has 0 saturated carbocycles. The van der Waals surface area contributed by atoms with E-state index >= 15 is 0 Å². The molecule has 36 heavy (non-hydrogen) atoms. The van der Waals surface area contributed by atoms with Gasteiger partial charge in [0.15, 0.2) is 0 Å². The second-order valence-corrected chi connectivity index (χ2v) is 21.8. The average molecular weight is 707 g/mol. The Morgan fingerprint density at radius 1 is 0.583 bits per heavy atom. The normalized spacial score (nSPS) is 11.5. The molecule has 0 N–H and O–H groups in total. The molecule has 0 radical (unpaired) electrons. The molecular weight excluding hydrogens is 681 g/mol. The first-order chi connectivity index (χ1) is 17.3. The zero-order chi connectivity index (χ0) is 25.6. The third-order valence-electron chi connectivity index (χ3n) is 5.68. The summed E-state index contributed by atoms with van der Waals surface area (Å²) >= 11 is -1.91. The molecule has 0 fully saturated rings. The minimum atomic E-state index is -3.83. The summed E-state index contributed by atoms with van der Waals surface area (Å²) in [6.07, 6.45) is 0. The zero-order valence-electron chi connectivity index (χ0n) is 19.9. The Labute approximate surface area is 226 Å². The van der Waals surface area contributed by atoms with Crippen LogP contribution in [0.4, 0.5) is 11.4 Å². The number of benzene rings is 4. The summed E-state index contributed by atoms with van der Waals surface area (Å²) in [7, 11) is -7.52. The summed E-state index contributed by atoms with van der Waals surface area (Å²) in [5, 5.41) is 0. The molecule has 9 heteroatoms. The van der Waals surface area contributed by atoms with E-state index in [-0.39, 0.29) is 16.3 Å². The van der Waals surface area contributed by atoms with Crippen LogP contribution in [0, 0.1) is 0 Å². The second-order valence-electron chi connectivity index (χ2n) is 8.22. The van der Waals surface area contributed by atoms with Crippen LogP contribution in [0.2, 0.25) is 3.93 Å². The number of hydrogen-bond donors (Lipinski definition) is 0. The molecule has 6 nitrogen and oxygen atoms in total. The number of hydrogen-bond acceptors (Lipinski definition) is 4. The van der Waals surface area contributed by atoms with Crippen molar-refractivity contribution in [3.05, 3.63) is 121 Å². The molecule has 4 aromatic carbocycles. The van der Waals surface area contributed by atoms with Gasteiger partial charge in [0.1, 0.15) is 0 Å². The molecule has 182 valence electrons. The monoisotopic (exact) mass is 708 g/mol. The number of nitrogens with zero attached hydrogens (tertiary/aromatic N) is 2. The van der Waals surface area contributed by atoms with E-state index in [1.807, 2.05) is 43.3 Å². The molecule has 0 aliphatic carbocycles. The average Bonchev–Trinajstić information content (AvgIpc) is 2.92. The molecule has 0 amide bonds. The van der Waals surface area contributed by atoms with Gasteiger partial charge in [0.2, 0.25) is 0 Å². The van der Waals surface area contributed by atoms with Gasteiger partial charge in [-0.1, -0.05) is 6.07 Å². The van der Waals surface area contributed by atoms with Crippen LogP contribution in [-0.4, -0.2) is 16.8 Å². The van der Waals surface area contributed by atoms with Gasteiger partial charge in [-0.3, -0.25) is 0 Å². The molecule has 0 heterocycles. The van der Waals surface area contributed by atoms with Crippen molar-refractivity contribution in [1.29, 1.82) is 0 Å². The molecule has 0 spiro atoms. The molecule has 0 unspecified atom stereocenters. The van der Waals surface area contributed by atoms with Crippen LogP contribution in [0.3, 0.4) is 0 Å². The molecule has 0 saturated heterocycles. The van der Waals surface area contributed by atoms with Crippen molar-refractivity contribution in [2.75, 3.05) is 6.37 Å². The standard InChI is InChI=1S/C25H21N2O4S2.C2H5.Hg/c28-32(29,26-22-10-4-1-5-11-22)24-18-16-21(17-19-24)20-27(23-12-6-2-7-13-23)33(30,31)25-14-8-3-9-15-25;1-2;/h1-19H,20H2;1H2,2H3;/q-1;;+1. The van der Waals surface area contributed by atoms with Crippen LogP contribution in [0.1, 0.15) is 12.5 Å². The topological polar surface area (TPSA) is 74.8 Å². The number of sulfonamides is 2. The Balaban J connectivity index is 1.66. The Kier molecular flexibility index (Phi) is 8.48. The van der Waals surface area contributed by atoms with Gasteiger partial charge in [0.05, 0.1) is 0 Å². The van der Waals surface area contributed by atoms with E-state index in [4.69, 9.17) is 0 Å². The minimum absolute atomic E-state index is 0.0684. The van der Waals surface area contributed by atoms with E-state index in [1.165, 1.54) is 4.31 Å². The first-order valence-electron chi connectivity index (χ1n) is 11.6. The summed E-state index contributed by atoms with van der Waals surface area (Å²) in [5.74, 6) is 0.